The summed E-state index contributed by atoms with van der Waals surface area (Å²) in [6.45, 7) is 1.93. The molecule has 0 radical (unpaired) electrons. The van der Waals surface area contributed by atoms with Gasteiger partial charge in [-0.1, -0.05) is 17.7 Å². The second kappa shape index (κ2) is 9.44. The zero-order valence-corrected chi connectivity index (χ0v) is 16.7. The van der Waals surface area contributed by atoms with E-state index >= 15 is 0 Å². The zero-order chi connectivity index (χ0) is 18.4. The minimum absolute atomic E-state index is 0.00270. The molecule has 1 fully saturated rings. The van der Waals surface area contributed by atoms with Crippen molar-refractivity contribution >= 4 is 46.5 Å². The minimum Gasteiger partial charge on any atom is -0.355 e. The summed E-state index contributed by atoms with van der Waals surface area (Å²) in [6.07, 6.45) is 1.46. The Morgan fingerprint density at radius 3 is 2.58 bits per heavy atom. The molecule has 138 valence electrons. The van der Waals surface area contributed by atoms with Gasteiger partial charge in [-0.25, -0.2) is 0 Å². The average Bonchev–Trinajstić information content (AvgIpc) is 3.21. The monoisotopic (exact) mass is 408 g/mol. The van der Waals surface area contributed by atoms with Crippen LogP contribution in [0.2, 0.25) is 5.02 Å². The van der Waals surface area contributed by atoms with Crippen LogP contribution in [0, 0.1) is 5.92 Å². The number of carbonyl (C=O) groups excluding carboxylic acids is 2. The molecule has 1 saturated heterocycles. The van der Waals surface area contributed by atoms with Gasteiger partial charge < -0.3 is 10.2 Å². The molecule has 7 heteroatoms. The Hall–Kier alpha value is -1.50. The first kappa shape index (κ1) is 19.3. The van der Waals surface area contributed by atoms with Gasteiger partial charge in [-0.2, -0.15) is 0 Å². The Labute approximate surface area is 166 Å². The van der Waals surface area contributed by atoms with Crippen molar-refractivity contribution in [3.63, 3.8) is 0 Å². The molecule has 0 spiro atoms. The molecule has 0 bridgehead atoms. The smallest absolute Gasteiger partial charge is 0.263 e. The van der Waals surface area contributed by atoms with E-state index in [0.717, 1.165) is 33.4 Å². The molecule has 4 nitrogen and oxygen atoms in total. The molecular weight excluding hydrogens is 388 g/mol. The van der Waals surface area contributed by atoms with Gasteiger partial charge in [0.15, 0.2) is 0 Å². The number of rotatable bonds is 6. The Balaban J connectivity index is 1.36. The van der Waals surface area contributed by atoms with Crippen LogP contribution in [0.4, 0.5) is 0 Å². The largest absolute Gasteiger partial charge is 0.355 e. The highest BCUT2D eigenvalue weighted by Crippen LogP contribution is 2.22. The molecule has 0 atom stereocenters. The molecule has 0 aliphatic carbocycles. The summed E-state index contributed by atoms with van der Waals surface area (Å²) >= 11 is 9.03. The molecule has 1 aliphatic heterocycles. The number of hydrogen-bond acceptors (Lipinski definition) is 4. The van der Waals surface area contributed by atoms with Crippen LogP contribution in [0.25, 0.3) is 0 Å². The van der Waals surface area contributed by atoms with Crippen LogP contribution in [-0.4, -0.2) is 42.1 Å². The summed E-state index contributed by atoms with van der Waals surface area (Å²) in [4.78, 5) is 28.4. The highest BCUT2D eigenvalue weighted by Gasteiger charge is 2.27. The van der Waals surface area contributed by atoms with Crippen LogP contribution < -0.4 is 5.32 Å². The second-order valence-corrected chi connectivity index (χ2v) is 8.69. The molecule has 1 aliphatic rings. The normalized spacial score (nSPS) is 15.0. The van der Waals surface area contributed by atoms with E-state index in [0.29, 0.717) is 19.6 Å². The van der Waals surface area contributed by atoms with Gasteiger partial charge in [-0.15, -0.1) is 23.1 Å². The maximum Gasteiger partial charge on any atom is 0.263 e. The van der Waals surface area contributed by atoms with Crippen LogP contribution in [0.15, 0.2) is 46.7 Å². The van der Waals surface area contributed by atoms with Gasteiger partial charge in [-0.05, 0) is 48.6 Å². The fraction of sp³-hybridized carbons (Fsp3) is 0.368. The lowest BCUT2D eigenvalue weighted by Crippen LogP contribution is -2.43. The Morgan fingerprint density at radius 2 is 1.92 bits per heavy atom. The van der Waals surface area contributed by atoms with E-state index in [2.05, 4.69) is 5.32 Å². The number of likely N-dealkylation sites (tertiary alicyclic amines) is 1. The predicted molar refractivity (Wildman–Crippen MR) is 108 cm³/mol. The zero-order valence-electron chi connectivity index (χ0n) is 14.3. The Bertz CT molecular complexity index is 727. The second-order valence-electron chi connectivity index (χ2n) is 6.14. The third-order valence-electron chi connectivity index (χ3n) is 4.37. The summed E-state index contributed by atoms with van der Waals surface area (Å²) in [7, 11) is 0. The summed E-state index contributed by atoms with van der Waals surface area (Å²) < 4.78 is 0. The van der Waals surface area contributed by atoms with E-state index in [4.69, 9.17) is 11.6 Å². The van der Waals surface area contributed by atoms with Gasteiger partial charge in [0.2, 0.25) is 5.91 Å². The van der Waals surface area contributed by atoms with Gasteiger partial charge in [0.05, 0.1) is 4.88 Å². The predicted octanol–water partition coefficient (Wildman–Crippen LogP) is 4.16. The molecule has 2 heterocycles. The maximum atomic E-state index is 12.3. The molecule has 2 aromatic rings. The molecule has 1 aromatic carbocycles. The molecule has 1 N–H and O–H groups in total. The SMILES string of the molecule is O=C(NCCSc1ccc(Cl)cc1)C1CCN(C(=O)c2cccs2)CC1. The van der Waals surface area contributed by atoms with Gasteiger partial charge in [0.25, 0.3) is 5.91 Å². The first-order chi connectivity index (χ1) is 12.6. The third-order valence-corrected chi connectivity index (χ3v) is 6.49. The van der Waals surface area contributed by atoms with Gasteiger partial charge in [0, 0.05) is 41.2 Å². The molecule has 1 aromatic heterocycles. The van der Waals surface area contributed by atoms with E-state index in [-0.39, 0.29) is 17.7 Å². The van der Waals surface area contributed by atoms with E-state index in [1.54, 1.807) is 11.8 Å². The van der Waals surface area contributed by atoms with Gasteiger partial charge in [-0.3, -0.25) is 9.59 Å². The van der Waals surface area contributed by atoms with Crippen molar-refractivity contribution in [2.24, 2.45) is 5.92 Å². The number of benzene rings is 1. The quantitative estimate of drug-likeness (QED) is 0.576. The summed E-state index contributed by atoms with van der Waals surface area (Å²) in [6, 6.07) is 11.4. The number of nitrogens with one attached hydrogen (secondary N) is 1. The standard InChI is InChI=1S/C19H21ClN2O2S2/c20-15-3-5-16(6-4-15)25-13-9-21-18(23)14-7-10-22(11-8-14)19(24)17-2-1-12-26-17/h1-6,12,14H,7-11,13H2,(H,21,23). The van der Waals surface area contributed by atoms with Crippen molar-refractivity contribution in [1.82, 2.24) is 10.2 Å². The van der Waals surface area contributed by atoms with Crippen LogP contribution in [0.5, 0.6) is 0 Å². The highest BCUT2D eigenvalue weighted by molar-refractivity contribution is 7.99. The number of hydrogen-bond donors (Lipinski definition) is 1. The third kappa shape index (κ3) is 5.25. The fourth-order valence-electron chi connectivity index (χ4n) is 2.92. The number of halogens is 1. The summed E-state index contributed by atoms with van der Waals surface area (Å²) in [5, 5.41) is 5.66. The van der Waals surface area contributed by atoms with Crippen LogP contribution in [0.1, 0.15) is 22.5 Å². The molecule has 3 rings (SSSR count). The lowest BCUT2D eigenvalue weighted by Gasteiger charge is -2.31. The van der Waals surface area contributed by atoms with Crippen molar-refractivity contribution < 1.29 is 9.59 Å². The minimum atomic E-state index is 0.00270. The topological polar surface area (TPSA) is 49.4 Å². The lowest BCUT2D eigenvalue weighted by molar-refractivity contribution is -0.126. The van der Waals surface area contributed by atoms with Gasteiger partial charge >= 0.3 is 0 Å². The van der Waals surface area contributed by atoms with Crippen molar-refractivity contribution in [2.45, 2.75) is 17.7 Å². The number of thioether (sulfide) groups is 1. The van der Waals surface area contributed by atoms with E-state index < -0.39 is 0 Å². The van der Waals surface area contributed by atoms with Crippen LogP contribution in [-0.2, 0) is 4.79 Å². The van der Waals surface area contributed by atoms with Crippen molar-refractivity contribution in [3.8, 4) is 0 Å². The van der Waals surface area contributed by atoms with E-state index in [1.807, 2.05) is 46.7 Å². The number of nitrogens with zero attached hydrogens (tertiary/aromatic N) is 1. The maximum absolute atomic E-state index is 12.3. The average molecular weight is 409 g/mol. The van der Waals surface area contributed by atoms with E-state index in [1.165, 1.54) is 11.3 Å². The molecule has 0 unspecified atom stereocenters. The van der Waals surface area contributed by atoms with Crippen LogP contribution in [0.3, 0.4) is 0 Å². The van der Waals surface area contributed by atoms with E-state index in [9.17, 15) is 9.59 Å². The highest BCUT2D eigenvalue weighted by atomic mass is 35.5. The van der Waals surface area contributed by atoms with Crippen LogP contribution >= 0.6 is 34.7 Å². The number of amides is 2. The van der Waals surface area contributed by atoms with Gasteiger partial charge in [0.1, 0.15) is 0 Å². The van der Waals surface area contributed by atoms with Crippen molar-refractivity contribution in [2.75, 3.05) is 25.4 Å². The molecule has 26 heavy (non-hydrogen) atoms. The number of piperidine rings is 1. The fourth-order valence-corrected chi connectivity index (χ4v) is 4.50. The number of thiophene rings is 1. The first-order valence-corrected chi connectivity index (χ1v) is 10.9. The Kier molecular flexibility index (Phi) is 7.00. The lowest BCUT2D eigenvalue weighted by atomic mass is 9.96. The Morgan fingerprint density at radius 1 is 1.19 bits per heavy atom. The summed E-state index contributed by atoms with van der Waals surface area (Å²) in [5.41, 5.74) is 0. The molecule has 0 saturated carbocycles. The van der Waals surface area contributed by atoms with Crippen molar-refractivity contribution in [1.29, 1.82) is 0 Å². The molecule has 2 amide bonds. The van der Waals surface area contributed by atoms with Crippen molar-refractivity contribution in [3.05, 3.63) is 51.7 Å². The first-order valence-electron chi connectivity index (χ1n) is 8.62. The summed E-state index contributed by atoms with van der Waals surface area (Å²) in [5.74, 6) is 1.01. The number of carbonyl (C=O) groups is 2. The molecular formula is C19H21ClN2O2S2.